The number of hydrogen-bond acceptors (Lipinski definition) is 4. The molecule has 0 aliphatic rings. The van der Waals surface area contributed by atoms with Crippen LogP contribution in [0, 0.1) is 6.92 Å². The van der Waals surface area contributed by atoms with Gasteiger partial charge in [0.05, 0.1) is 22.4 Å². The van der Waals surface area contributed by atoms with Crippen LogP contribution in [0.15, 0.2) is 6.07 Å². The second-order valence-corrected chi connectivity index (χ2v) is 4.61. The number of ether oxygens (including phenoxy) is 1. The highest BCUT2D eigenvalue weighted by atomic mass is 32.1. The van der Waals surface area contributed by atoms with Gasteiger partial charge < -0.3 is 9.72 Å². The third kappa shape index (κ3) is 1.63. The molecule has 0 saturated carbocycles. The summed E-state index contributed by atoms with van der Waals surface area (Å²) >= 11 is 1.49. The summed E-state index contributed by atoms with van der Waals surface area (Å²) in [7, 11) is 0. The Morgan fingerprint density at radius 3 is 3.00 bits per heavy atom. The van der Waals surface area contributed by atoms with Gasteiger partial charge in [0.25, 0.3) is 0 Å². The number of H-pyrrole nitrogens is 1. The monoisotopic (exact) mass is 237 g/mol. The fourth-order valence-electron chi connectivity index (χ4n) is 1.60. The molecule has 0 bridgehead atoms. The van der Waals surface area contributed by atoms with Crippen molar-refractivity contribution in [3.05, 3.63) is 22.2 Å². The number of nitrogens with one attached hydrogen (secondary N) is 1. The standard InChI is InChI=1S/C11H11NO3S/c1-3-15-11(14)9-7(5-13)10-8(12-9)4-6(2)16-10/h4-5,12H,3H2,1-2H3. The van der Waals surface area contributed by atoms with Crippen LogP contribution in [0.1, 0.15) is 32.6 Å². The molecule has 0 saturated heterocycles. The Morgan fingerprint density at radius 2 is 2.38 bits per heavy atom. The lowest BCUT2D eigenvalue weighted by molar-refractivity contribution is 0.0518. The molecule has 2 aromatic heterocycles. The molecule has 2 heterocycles. The van der Waals surface area contributed by atoms with Crippen LogP contribution in [-0.2, 0) is 4.74 Å². The van der Waals surface area contributed by atoms with Gasteiger partial charge in [-0.15, -0.1) is 11.3 Å². The average molecular weight is 237 g/mol. The molecule has 16 heavy (non-hydrogen) atoms. The minimum Gasteiger partial charge on any atom is -0.461 e. The van der Waals surface area contributed by atoms with Crippen molar-refractivity contribution in [3.8, 4) is 0 Å². The number of aryl methyl sites for hydroxylation is 1. The zero-order valence-corrected chi connectivity index (χ0v) is 9.81. The number of carbonyl (C=O) groups excluding carboxylic acids is 2. The van der Waals surface area contributed by atoms with Gasteiger partial charge in [-0.05, 0) is 19.9 Å². The number of aromatic nitrogens is 1. The summed E-state index contributed by atoms with van der Waals surface area (Å²) in [5.74, 6) is -0.481. The van der Waals surface area contributed by atoms with Gasteiger partial charge in [0.2, 0.25) is 0 Å². The highest BCUT2D eigenvalue weighted by Gasteiger charge is 2.19. The predicted octanol–water partition coefficient (Wildman–Crippen LogP) is 2.53. The maximum atomic E-state index is 11.6. The van der Waals surface area contributed by atoms with Gasteiger partial charge in [-0.25, -0.2) is 4.79 Å². The highest BCUT2D eigenvalue weighted by molar-refractivity contribution is 7.19. The molecular weight excluding hydrogens is 226 g/mol. The van der Waals surface area contributed by atoms with Crippen LogP contribution in [0.5, 0.6) is 0 Å². The van der Waals surface area contributed by atoms with E-state index in [0.29, 0.717) is 18.5 Å². The van der Waals surface area contributed by atoms with Crippen molar-refractivity contribution >= 4 is 33.8 Å². The topological polar surface area (TPSA) is 59.2 Å². The van der Waals surface area contributed by atoms with E-state index in [1.165, 1.54) is 11.3 Å². The molecule has 4 nitrogen and oxygen atoms in total. The zero-order valence-electron chi connectivity index (χ0n) is 8.99. The first-order valence-electron chi connectivity index (χ1n) is 4.91. The predicted molar refractivity (Wildman–Crippen MR) is 62.3 cm³/mol. The van der Waals surface area contributed by atoms with Crippen molar-refractivity contribution in [1.82, 2.24) is 4.98 Å². The van der Waals surface area contributed by atoms with Gasteiger partial charge in [-0.1, -0.05) is 0 Å². The third-order valence-corrected chi connectivity index (χ3v) is 3.31. The molecule has 0 fully saturated rings. The van der Waals surface area contributed by atoms with Gasteiger partial charge in [-0.2, -0.15) is 0 Å². The SMILES string of the molecule is CCOC(=O)c1[nH]c2cc(C)sc2c1C=O. The Balaban J connectivity index is 2.57. The smallest absolute Gasteiger partial charge is 0.355 e. The summed E-state index contributed by atoms with van der Waals surface area (Å²) in [6.07, 6.45) is 0.695. The van der Waals surface area contributed by atoms with E-state index in [9.17, 15) is 9.59 Å². The Hall–Kier alpha value is -1.62. The second kappa shape index (κ2) is 4.09. The summed E-state index contributed by atoms with van der Waals surface area (Å²) in [5, 5.41) is 0. The van der Waals surface area contributed by atoms with E-state index in [1.807, 2.05) is 13.0 Å². The van der Waals surface area contributed by atoms with Gasteiger partial charge >= 0.3 is 5.97 Å². The highest BCUT2D eigenvalue weighted by Crippen LogP contribution is 2.29. The molecule has 0 spiro atoms. The quantitative estimate of drug-likeness (QED) is 0.659. The number of esters is 1. The van der Waals surface area contributed by atoms with Crippen molar-refractivity contribution in [2.24, 2.45) is 0 Å². The zero-order chi connectivity index (χ0) is 11.7. The van der Waals surface area contributed by atoms with Gasteiger partial charge in [0.15, 0.2) is 6.29 Å². The molecular formula is C11H11NO3S. The normalized spacial score (nSPS) is 10.6. The molecule has 2 rings (SSSR count). The van der Waals surface area contributed by atoms with Gasteiger partial charge in [0.1, 0.15) is 5.69 Å². The number of rotatable bonds is 3. The number of carbonyl (C=O) groups is 2. The van der Waals surface area contributed by atoms with Crippen LogP contribution in [0.4, 0.5) is 0 Å². The van der Waals surface area contributed by atoms with E-state index in [4.69, 9.17) is 4.74 Å². The number of hydrogen-bond donors (Lipinski definition) is 1. The molecule has 1 N–H and O–H groups in total. The Labute approximate surface area is 96.2 Å². The van der Waals surface area contributed by atoms with Crippen molar-refractivity contribution in [1.29, 1.82) is 0 Å². The molecule has 84 valence electrons. The lowest BCUT2D eigenvalue weighted by atomic mass is 10.2. The fourth-order valence-corrected chi connectivity index (χ4v) is 2.58. The maximum Gasteiger partial charge on any atom is 0.355 e. The van der Waals surface area contributed by atoms with Gasteiger partial charge in [0, 0.05) is 4.88 Å². The lowest BCUT2D eigenvalue weighted by Crippen LogP contribution is -2.07. The number of thiophene rings is 1. The van der Waals surface area contributed by atoms with Crippen molar-refractivity contribution in [2.75, 3.05) is 6.61 Å². The number of aldehydes is 1. The summed E-state index contributed by atoms with van der Waals surface area (Å²) in [4.78, 5) is 26.6. The lowest BCUT2D eigenvalue weighted by Gasteiger charge is -1.99. The van der Waals surface area contributed by atoms with E-state index < -0.39 is 5.97 Å². The molecule has 0 aliphatic carbocycles. The van der Waals surface area contributed by atoms with Crippen LogP contribution in [-0.4, -0.2) is 23.8 Å². The maximum absolute atomic E-state index is 11.6. The Kier molecular flexibility index (Phi) is 2.78. The van der Waals surface area contributed by atoms with Crippen molar-refractivity contribution in [2.45, 2.75) is 13.8 Å². The first-order valence-corrected chi connectivity index (χ1v) is 5.73. The number of aromatic amines is 1. The molecule has 0 aliphatic heterocycles. The van der Waals surface area contributed by atoms with Gasteiger partial charge in [-0.3, -0.25) is 4.79 Å². The molecule has 0 radical (unpaired) electrons. The molecule has 5 heteroatoms. The van der Waals surface area contributed by atoms with E-state index in [-0.39, 0.29) is 5.69 Å². The van der Waals surface area contributed by atoms with Crippen molar-refractivity contribution < 1.29 is 14.3 Å². The Morgan fingerprint density at radius 1 is 1.62 bits per heavy atom. The minimum absolute atomic E-state index is 0.248. The third-order valence-electron chi connectivity index (χ3n) is 2.23. The molecule has 0 atom stereocenters. The van der Waals surface area contributed by atoms with E-state index in [1.54, 1.807) is 6.92 Å². The van der Waals surface area contributed by atoms with Crippen LogP contribution < -0.4 is 0 Å². The van der Waals surface area contributed by atoms with E-state index >= 15 is 0 Å². The largest absolute Gasteiger partial charge is 0.461 e. The first-order chi connectivity index (χ1) is 7.67. The van der Waals surface area contributed by atoms with E-state index in [0.717, 1.165) is 15.1 Å². The molecule has 0 aromatic carbocycles. The fraction of sp³-hybridized carbons (Fsp3) is 0.273. The van der Waals surface area contributed by atoms with Crippen LogP contribution in [0.25, 0.3) is 10.2 Å². The summed E-state index contributed by atoms with van der Waals surface area (Å²) in [6, 6.07) is 1.91. The molecule has 0 unspecified atom stereocenters. The minimum atomic E-state index is -0.481. The summed E-state index contributed by atoms with van der Waals surface area (Å²) in [6.45, 7) is 3.98. The molecule has 2 aromatic rings. The van der Waals surface area contributed by atoms with Crippen LogP contribution >= 0.6 is 11.3 Å². The first kappa shape index (κ1) is 10.9. The molecule has 0 amide bonds. The average Bonchev–Trinajstić information content (AvgIpc) is 2.73. The van der Waals surface area contributed by atoms with Crippen LogP contribution in [0.3, 0.4) is 0 Å². The van der Waals surface area contributed by atoms with Crippen LogP contribution in [0.2, 0.25) is 0 Å². The Bertz CT molecular complexity index is 553. The summed E-state index contributed by atoms with van der Waals surface area (Å²) < 4.78 is 5.69. The summed E-state index contributed by atoms with van der Waals surface area (Å²) in [5.41, 5.74) is 1.46. The van der Waals surface area contributed by atoms with Crippen molar-refractivity contribution in [3.63, 3.8) is 0 Å². The van der Waals surface area contributed by atoms with E-state index in [2.05, 4.69) is 4.98 Å². The second-order valence-electron chi connectivity index (χ2n) is 3.35. The number of fused-ring (bicyclic) bond motifs is 1.